The van der Waals surface area contributed by atoms with Gasteiger partial charge in [0.1, 0.15) is 0 Å². The van der Waals surface area contributed by atoms with E-state index in [0.29, 0.717) is 6.54 Å². The largest absolute Gasteiger partial charge is 0.478 e. The Hall–Kier alpha value is -2.40. The summed E-state index contributed by atoms with van der Waals surface area (Å²) in [6, 6.07) is 13.7. The summed E-state index contributed by atoms with van der Waals surface area (Å²) in [5.74, 6) is -0.779. The minimum atomic E-state index is -0.990. The van der Waals surface area contributed by atoms with Gasteiger partial charge in [0, 0.05) is 22.2 Å². The monoisotopic (exact) mass is 455 g/mol. The van der Waals surface area contributed by atoms with Gasteiger partial charge in [-0.05, 0) is 60.7 Å². The van der Waals surface area contributed by atoms with Crippen molar-refractivity contribution in [1.82, 2.24) is 0 Å². The molecule has 1 aliphatic carbocycles. The molecule has 0 radical (unpaired) electrons. The van der Waals surface area contributed by atoms with Crippen molar-refractivity contribution >= 4 is 39.6 Å². The Morgan fingerprint density at radius 3 is 2.59 bits per heavy atom. The molecule has 0 bridgehead atoms. The number of hydrogen-bond acceptors (Lipinski definition) is 2. The number of aryl methyl sites for hydroxylation is 1. The first-order valence-corrected chi connectivity index (χ1v) is 10.8. The highest BCUT2D eigenvalue weighted by atomic mass is 79.9. The minimum absolute atomic E-state index is 0.0542. The molecule has 2 aromatic carbocycles. The van der Waals surface area contributed by atoms with E-state index in [1.165, 1.54) is 6.42 Å². The molecule has 29 heavy (non-hydrogen) atoms. The molecule has 0 unspecified atom stereocenters. The summed E-state index contributed by atoms with van der Waals surface area (Å²) in [6.07, 6.45) is 7.95. The van der Waals surface area contributed by atoms with E-state index in [0.717, 1.165) is 58.6 Å². The topological polar surface area (TPSA) is 57.6 Å². The number of hydrogen-bond donors (Lipinski definition) is 1. The first-order valence-electron chi connectivity index (χ1n) is 10.0. The Balaban J connectivity index is 1.93. The molecule has 1 N–H and O–H groups in total. The number of carbonyl (C=O) groups excluding carboxylic acids is 1. The molecule has 0 heterocycles. The molecular formula is C24H26BrNO3. The zero-order chi connectivity index (χ0) is 20.8. The second-order valence-corrected chi connectivity index (χ2v) is 8.46. The van der Waals surface area contributed by atoms with Crippen LogP contribution in [-0.4, -0.2) is 17.0 Å². The summed E-state index contributed by atoms with van der Waals surface area (Å²) in [4.78, 5) is 26.1. The van der Waals surface area contributed by atoms with Crippen LogP contribution in [0.3, 0.4) is 0 Å². The molecule has 1 aliphatic rings. The maximum Gasteiger partial charge on any atom is 0.328 e. The van der Waals surface area contributed by atoms with Crippen LogP contribution in [0.1, 0.15) is 48.8 Å². The van der Waals surface area contributed by atoms with Crippen molar-refractivity contribution in [3.8, 4) is 0 Å². The Kier molecular flexibility index (Phi) is 7.26. The first-order chi connectivity index (χ1) is 13.9. The van der Waals surface area contributed by atoms with Crippen molar-refractivity contribution < 1.29 is 14.7 Å². The molecule has 5 heteroatoms. The average Bonchev–Trinajstić information content (AvgIpc) is 2.73. The molecule has 2 aromatic rings. The van der Waals surface area contributed by atoms with E-state index in [9.17, 15) is 9.59 Å². The third-order valence-electron chi connectivity index (χ3n) is 5.38. The Bertz CT molecular complexity index is 916. The molecule has 0 aromatic heterocycles. The van der Waals surface area contributed by atoms with Gasteiger partial charge in [0.2, 0.25) is 5.91 Å². The van der Waals surface area contributed by atoms with E-state index in [2.05, 4.69) is 22.0 Å². The van der Waals surface area contributed by atoms with Gasteiger partial charge in [0.25, 0.3) is 0 Å². The van der Waals surface area contributed by atoms with Gasteiger partial charge in [-0.1, -0.05) is 59.5 Å². The number of rotatable bonds is 6. The molecule has 1 saturated carbocycles. The fraction of sp³-hybridized carbons (Fsp3) is 0.333. The van der Waals surface area contributed by atoms with E-state index in [1.807, 2.05) is 48.2 Å². The number of carboxylic acids is 1. The minimum Gasteiger partial charge on any atom is -0.478 e. The number of carboxylic acid groups (broad SMARTS) is 1. The first kappa shape index (κ1) is 21.3. The van der Waals surface area contributed by atoms with Gasteiger partial charge in [0.05, 0.1) is 6.54 Å². The van der Waals surface area contributed by atoms with Crippen LogP contribution in [0.15, 0.2) is 53.0 Å². The Morgan fingerprint density at radius 1 is 1.14 bits per heavy atom. The molecule has 0 aliphatic heterocycles. The number of nitrogens with zero attached hydrogens (tertiary/aromatic N) is 1. The van der Waals surface area contributed by atoms with Crippen LogP contribution >= 0.6 is 15.9 Å². The number of carbonyl (C=O) groups is 2. The van der Waals surface area contributed by atoms with Crippen LogP contribution in [-0.2, 0) is 16.1 Å². The highest BCUT2D eigenvalue weighted by Gasteiger charge is 2.27. The predicted molar refractivity (Wildman–Crippen MR) is 120 cm³/mol. The molecule has 1 fully saturated rings. The lowest BCUT2D eigenvalue weighted by molar-refractivity contribution is -0.131. The average molecular weight is 456 g/mol. The third kappa shape index (κ3) is 5.80. The van der Waals surface area contributed by atoms with E-state index < -0.39 is 5.97 Å². The van der Waals surface area contributed by atoms with Gasteiger partial charge in [-0.25, -0.2) is 4.79 Å². The van der Waals surface area contributed by atoms with E-state index >= 15 is 0 Å². The number of halogens is 1. The van der Waals surface area contributed by atoms with Crippen LogP contribution in [0, 0.1) is 12.8 Å². The summed E-state index contributed by atoms with van der Waals surface area (Å²) in [7, 11) is 0. The third-order valence-corrected chi connectivity index (χ3v) is 6.27. The maximum atomic E-state index is 13.4. The number of amides is 1. The van der Waals surface area contributed by atoms with Crippen molar-refractivity contribution in [3.05, 3.63) is 69.7 Å². The SMILES string of the molecule is Cc1cc(CN(C(=O)C2CCCCC2)c2cccc(C=CC(=O)O)c2)ccc1Br. The normalized spacial score (nSPS) is 14.8. The van der Waals surface area contributed by atoms with Gasteiger partial charge in [-0.3, -0.25) is 4.79 Å². The van der Waals surface area contributed by atoms with Crippen molar-refractivity contribution in [3.63, 3.8) is 0 Å². The van der Waals surface area contributed by atoms with Gasteiger partial charge >= 0.3 is 5.97 Å². The zero-order valence-corrected chi connectivity index (χ0v) is 18.2. The quantitative estimate of drug-likeness (QED) is 0.545. The summed E-state index contributed by atoms with van der Waals surface area (Å²) in [5, 5.41) is 8.90. The summed E-state index contributed by atoms with van der Waals surface area (Å²) in [5.41, 5.74) is 3.76. The highest BCUT2D eigenvalue weighted by molar-refractivity contribution is 9.10. The Morgan fingerprint density at radius 2 is 1.90 bits per heavy atom. The van der Waals surface area contributed by atoms with Crippen molar-refractivity contribution in [2.24, 2.45) is 5.92 Å². The van der Waals surface area contributed by atoms with E-state index in [1.54, 1.807) is 6.08 Å². The number of anilines is 1. The molecule has 152 valence electrons. The number of benzene rings is 2. The predicted octanol–water partition coefficient (Wildman–Crippen LogP) is 5.97. The van der Waals surface area contributed by atoms with E-state index in [4.69, 9.17) is 5.11 Å². The lowest BCUT2D eigenvalue weighted by Gasteiger charge is -2.30. The summed E-state index contributed by atoms with van der Waals surface area (Å²) in [6.45, 7) is 2.54. The van der Waals surface area contributed by atoms with Gasteiger partial charge in [0.15, 0.2) is 0 Å². The van der Waals surface area contributed by atoms with Crippen LogP contribution in [0.4, 0.5) is 5.69 Å². The molecule has 3 rings (SSSR count). The summed E-state index contributed by atoms with van der Waals surface area (Å²) >= 11 is 3.53. The fourth-order valence-electron chi connectivity index (χ4n) is 3.82. The summed E-state index contributed by atoms with van der Waals surface area (Å²) < 4.78 is 1.05. The molecule has 0 saturated heterocycles. The van der Waals surface area contributed by atoms with Gasteiger partial charge < -0.3 is 10.0 Å². The lowest BCUT2D eigenvalue weighted by atomic mass is 9.88. The molecule has 0 atom stereocenters. The lowest BCUT2D eigenvalue weighted by Crippen LogP contribution is -2.36. The fourth-order valence-corrected chi connectivity index (χ4v) is 4.06. The van der Waals surface area contributed by atoms with Gasteiger partial charge in [-0.2, -0.15) is 0 Å². The molecular weight excluding hydrogens is 430 g/mol. The van der Waals surface area contributed by atoms with Crippen LogP contribution in [0.25, 0.3) is 6.08 Å². The van der Waals surface area contributed by atoms with Crippen LogP contribution < -0.4 is 4.90 Å². The standard InChI is InChI=1S/C24H26BrNO3/c1-17-14-19(10-12-22(17)25)16-26(24(29)20-7-3-2-4-8-20)21-9-5-6-18(15-21)11-13-23(27)28/h5-6,9-15,20H,2-4,7-8,16H2,1H3,(H,27,28). The second-order valence-electron chi connectivity index (χ2n) is 7.61. The van der Waals surface area contributed by atoms with Crippen molar-refractivity contribution in [2.75, 3.05) is 4.90 Å². The van der Waals surface area contributed by atoms with Crippen LogP contribution in [0.5, 0.6) is 0 Å². The Labute approximate surface area is 180 Å². The highest BCUT2D eigenvalue weighted by Crippen LogP contribution is 2.30. The molecule has 4 nitrogen and oxygen atoms in total. The second kappa shape index (κ2) is 9.88. The molecule has 0 spiro atoms. The molecule has 1 amide bonds. The van der Waals surface area contributed by atoms with E-state index in [-0.39, 0.29) is 11.8 Å². The zero-order valence-electron chi connectivity index (χ0n) is 16.6. The van der Waals surface area contributed by atoms with Gasteiger partial charge in [-0.15, -0.1) is 0 Å². The van der Waals surface area contributed by atoms with Crippen molar-refractivity contribution in [1.29, 1.82) is 0 Å². The smallest absolute Gasteiger partial charge is 0.328 e. The van der Waals surface area contributed by atoms with Crippen LogP contribution in [0.2, 0.25) is 0 Å². The van der Waals surface area contributed by atoms with Crippen molar-refractivity contribution in [2.45, 2.75) is 45.6 Å². The maximum absolute atomic E-state index is 13.4. The number of aliphatic carboxylic acids is 1.